The van der Waals surface area contributed by atoms with E-state index in [1.807, 2.05) is 32.3 Å². The molecule has 0 spiro atoms. The molecule has 118 valence electrons. The monoisotopic (exact) mass is 310 g/mol. The third kappa shape index (κ3) is 3.64. The van der Waals surface area contributed by atoms with E-state index in [0.717, 1.165) is 22.8 Å². The Morgan fingerprint density at radius 2 is 1.86 bits per heavy atom. The number of halogens is 3. The van der Waals surface area contributed by atoms with Crippen molar-refractivity contribution in [1.82, 2.24) is 10.3 Å². The van der Waals surface area contributed by atoms with Crippen molar-refractivity contribution in [2.45, 2.75) is 19.4 Å². The van der Waals surface area contributed by atoms with E-state index < -0.39 is 11.9 Å². The van der Waals surface area contributed by atoms with Crippen molar-refractivity contribution in [2.24, 2.45) is 0 Å². The van der Waals surface area contributed by atoms with Gasteiger partial charge in [-0.3, -0.25) is 4.98 Å². The third-order valence-corrected chi connectivity index (χ3v) is 3.14. The molecule has 1 aromatic carbocycles. The van der Waals surface area contributed by atoms with Gasteiger partial charge in [0.1, 0.15) is 5.69 Å². The summed E-state index contributed by atoms with van der Waals surface area (Å²) in [4.78, 5) is 3.37. The zero-order valence-electron chi connectivity index (χ0n) is 12.4. The van der Waals surface area contributed by atoms with Crippen LogP contribution in [0.5, 0.6) is 0 Å². The maximum atomic E-state index is 12.7. The average molecular weight is 310 g/mol. The minimum atomic E-state index is -4.43. The summed E-state index contributed by atoms with van der Waals surface area (Å²) >= 11 is 0. The number of hydrogen-bond acceptors (Lipinski definition) is 3. The third-order valence-electron chi connectivity index (χ3n) is 3.14. The summed E-state index contributed by atoms with van der Waals surface area (Å²) in [7, 11) is 3.75. The van der Waals surface area contributed by atoms with E-state index in [1.165, 1.54) is 6.20 Å². The highest BCUT2D eigenvalue weighted by atomic mass is 19.4. The highest BCUT2D eigenvalue weighted by Gasteiger charge is 2.32. The second kappa shape index (κ2) is 6.89. The Bertz CT molecular complexity index is 642. The molecule has 3 nitrogen and oxygen atoms in total. The second-order valence-electron chi connectivity index (χ2n) is 4.86. The highest BCUT2D eigenvalue weighted by Crippen LogP contribution is 2.34. The summed E-state index contributed by atoms with van der Waals surface area (Å²) in [5.41, 5.74) is 2.42. The van der Waals surface area contributed by atoms with Crippen molar-refractivity contribution < 1.29 is 17.9 Å². The molecule has 0 aliphatic carbocycles. The van der Waals surface area contributed by atoms with Crippen molar-refractivity contribution in [3.63, 3.8) is 0 Å². The van der Waals surface area contributed by atoms with Crippen LogP contribution in [0, 0.1) is 0 Å². The van der Waals surface area contributed by atoms with Gasteiger partial charge in [-0.05, 0) is 48.5 Å². The van der Waals surface area contributed by atoms with Gasteiger partial charge in [-0.25, -0.2) is 0 Å². The summed E-state index contributed by atoms with van der Waals surface area (Å²) in [6, 6.07) is 8.23. The lowest BCUT2D eigenvalue weighted by Crippen LogP contribution is -2.07. The molecule has 0 amide bonds. The minimum absolute atomic E-state index is 0.440. The molecule has 2 aromatic rings. The van der Waals surface area contributed by atoms with Crippen LogP contribution in [0.1, 0.15) is 16.8 Å². The molecule has 0 fully saturated rings. The summed E-state index contributed by atoms with van der Waals surface area (Å²) in [6.45, 7) is 0.954. The van der Waals surface area contributed by atoms with Crippen molar-refractivity contribution in [3.05, 3.63) is 53.3 Å². The number of fused-ring (bicyclic) bond motifs is 1. The fraction of sp³-hybridized carbons (Fsp3) is 0.312. The number of benzene rings is 1. The molecule has 0 unspecified atom stereocenters. The lowest BCUT2D eigenvalue weighted by Gasteiger charge is -2.10. The molecular weight excluding hydrogens is 293 g/mol. The Balaban J connectivity index is 0.000000545. The van der Waals surface area contributed by atoms with E-state index in [4.69, 9.17) is 4.74 Å². The summed E-state index contributed by atoms with van der Waals surface area (Å²) < 4.78 is 43.3. The van der Waals surface area contributed by atoms with E-state index in [0.29, 0.717) is 18.8 Å². The van der Waals surface area contributed by atoms with Crippen LogP contribution in [0.3, 0.4) is 0 Å². The first-order chi connectivity index (χ1) is 10.5. The number of rotatable bonds is 1. The minimum Gasteiger partial charge on any atom is -0.372 e. The van der Waals surface area contributed by atoms with Gasteiger partial charge in [-0.1, -0.05) is 18.2 Å². The molecule has 1 aromatic heterocycles. The number of nitrogens with zero attached hydrogens (tertiary/aromatic N) is 1. The van der Waals surface area contributed by atoms with Gasteiger partial charge in [-0.15, -0.1) is 0 Å². The molecule has 3 rings (SSSR count). The molecule has 0 bridgehead atoms. The summed E-state index contributed by atoms with van der Waals surface area (Å²) in [5, 5.41) is 2.75. The van der Waals surface area contributed by atoms with Gasteiger partial charge in [0.15, 0.2) is 0 Å². The van der Waals surface area contributed by atoms with Gasteiger partial charge in [0.05, 0.1) is 13.2 Å². The standard InChI is InChI=1S/C14H10F3NO.C2H7N/c15-14(16,17)13-6-9(4-5-18-13)11-3-1-2-10-7-19-8-12(10)11;1-3-2/h1-6H,7-8H2;3H,1-2H3. The van der Waals surface area contributed by atoms with Crippen LogP contribution in [-0.2, 0) is 24.1 Å². The van der Waals surface area contributed by atoms with Gasteiger partial charge in [0, 0.05) is 6.20 Å². The van der Waals surface area contributed by atoms with Crippen LogP contribution in [-0.4, -0.2) is 19.1 Å². The van der Waals surface area contributed by atoms with Gasteiger partial charge in [-0.2, -0.15) is 13.2 Å². The molecule has 0 atom stereocenters. The van der Waals surface area contributed by atoms with Gasteiger partial charge in [0.25, 0.3) is 0 Å². The highest BCUT2D eigenvalue weighted by molar-refractivity contribution is 5.69. The maximum absolute atomic E-state index is 12.7. The molecule has 1 N–H and O–H groups in total. The normalized spacial score (nSPS) is 13.3. The quantitative estimate of drug-likeness (QED) is 0.873. The zero-order chi connectivity index (χ0) is 16.2. The van der Waals surface area contributed by atoms with Gasteiger partial charge < -0.3 is 10.1 Å². The van der Waals surface area contributed by atoms with Gasteiger partial charge >= 0.3 is 6.18 Å². The Hall–Kier alpha value is -1.92. The fourth-order valence-electron chi connectivity index (χ4n) is 2.23. The number of aromatic nitrogens is 1. The molecule has 6 heteroatoms. The SMILES string of the molecule is CNC.FC(F)(F)c1cc(-c2cccc3c2COC3)ccn1. The largest absolute Gasteiger partial charge is 0.433 e. The Labute approximate surface area is 127 Å². The van der Waals surface area contributed by atoms with Crippen LogP contribution in [0.25, 0.3) is 11.1 Å². The molecule has 1 aliphatic heterocycles. The van der Waals surface area contributed by atoms with Crippen LogP contribution >= 0.6 is 0 Å². The second-order valence-corrected chi connectivity index (χ2v) is 4.86. The number of hydrogen-bond donors (Lipinski definition) is 1. The Morgan fingerprint density at radius 1 is 1.14 bits per heavy atom. The predicted molar refractivity (Wildman–Crippen MR) is 78.2 cm³/mol. The lowest BCUT2D eigenvalue weighted by molar-refractivity contribution is -0.141. The molecule has 1 aliphatic rings. The first-order valence-electron chi connectivity index (χ1n) is 6.78. The van der Waals surface area contributed by atoms with Crippen molar-refractivity contribution in [2.75, 3.05) is 14.1 Å². The van der Waals surface area contributed by atoms with Crippen LogP contribution in [0.15, 0.2) is 36.5 Å². The average Bonchev–Trinajstić information content (AvgIpc) is 2.95. The molecule has 0 radical (unpaired) electrons. The molecule has 0 saturated heterocycles. The Kier molecular flexibility index (Phi) is 5.15. The fourth-order valence-corrected chi connectivity index (χ4v) is 2.23. The van der Waals surface area contributed by atoms with Crippen LogP contribution in [0.2, 0.25) is 0 Å². The molecule has 2 heterocycles. The smallest absolute Gasteiger partial charge is 0.372 e. The number of ether oxygens (including phenoxy) is 1. The van der Waals surface area contributed by atoms with Crippen LogP contribution < -0.4 is 5.32 Å². The summed E-state index contributed by atoms with van der Waals surface area (Å²) in [5.74, 6) is 0. The predicted octanol–water partition coefficient (Wildman–Crippen LogP) is 3.63. The number of pyridine rings is 1. The van der Waals surface area contributed by atoms with Gasteiger partial charge in [0.2, 0.25) is 0 Å². The van der Waals surface area contributed by atoms with Crippen molar-refractivity contribution in [1.29, 1.82) is 0 Å². The molecule has 0 saturated carbocycles. The van der Waals surface area contributed by atoms with E-state index in [9.17, 15) is 13.2 Å². The molecular formula is C16H17F3N2O. The number of alkyl halides is 3. The summed E-state index contributed by atoms with van der Waals surface area (Å²) in [6.07, 6.45) is -3.24. The zero-order valence-corrected chi connectivity index (χ0v) is 12.4. The maximum Gasteiger partial charge on any atom is 0.433 e. The van der Waals surface area contributed by atoms with Crippen LogP contribution in [0.4, 0.5) is 13.2 Å². The number of nitrogens with one attached hydrogen (secondary N) is 1. The van der Waals surface area contributed by atoms with E-state index in [1.54, 1.807) is 6.07 Å². The van der Waals surface area contributed by atoms with Crippen molar-refractivity contribution in [3.8, 4) is 11.1 Å². The lowest BCUT2D eigenvalue weighted by atomic mass is 9.97. The van der Waals surface area contributed by atoms with E-state index >= 15 is 0 Å². The topological polar surface area (TPSA) is 34.1 Å². The van der Waals surface area contributed by atoms with E-state index in [2.05, 4.69) is 10.3 Å². The Morgan fingerprint density at radius 3 is 2.55 bits per heavy atom. The van der Waals surface area contributed by atoms with Crippen molar-refractivity contribution >= 4 is 0 Å². The van der Waals surface area contributed by atoms with E-state index in [-0.39, 0.29) is 0 Å². The molecule has 22 heavy (non-hydrogen) atoms. The first kappa shape index (κ1) is 16.5. The first-order valence-corrected chi connectivity index (χ1v) is 6.78.